The monoisotopic (exact) mass is 297 g/mol. The van der Waals surface area contributed by atoms with Crippen LogP contribution in [0, 0.1) is 13.8 Å². The van der Waals surface area contributed by atoms with Crippen molar-refractivity contribution >= 4 is 17.4 Å². The Morgan fingerprint density at radius 2 is 1.81 bits per heavy atom. The van der Waals surface area contributed by atoms with Gasteiger partial charge in [-0.3, -0.25) is 5.10 Å². The zero-order chi connectivity index (χ0) is 15.0. The molecule has 1 heterocycles. The minimum absolute atomic E-state index is 0.480. The molecule has 106 valence electrons. The van der Waals surface area contributed by atoms with E-state index in [1.165, 1.54) is 11.1 Å². The Labute approximate surface area is 128 Å². The third-order valence-corrected chi connectivity index (χ3v) is 4.06. The van der Waals surface area contributed by atoms with E-state index in [1.807, 2.05) is 24.3 Å². The van der Waals surface area contributed by atoms with Crippen molar-refractivity contribution in [3.05, 3.63) is 58.6 Å². The molecular formula is C17H16ClN3. The Balaban J connectivity index is 2.22. The molecule has 0 fully saturated rings. The Morgan fingerprint density at radius 3 is 2.52 bits per heavy atom. The first-order chi connectivity index (χ1) is 10.1. The summed E-state index contributed by atoms with van der Waals surface area (Å²) in [5, 5.41) is 7.83. The number of hydrogen-bond acceptors (Lipinski definition) is 2. The number of aryl methyl sites for hydroxylation is 2. The van der Waals surface area contributed by atoms with Gasteiger partial charge in [-0.15, -0.1) is 0 Å². The number of halogens is 1. The van der Waals surface area contributed by atoms with Crippen LogP contribution < -0.4 is 5.73 Å². The van der Waals surface area contributed by atoms with Crippen LogP contribution in [0.2, 0.25) is 5.02 Å². The van der Waals surface area contributed by atoms with Crippen LogP contribution in [0.1, 0.15) is 11.1 Å². The second kappa shape index (κ2) is 5.26. The molecule has 0 radical (unpaired) electrons. The van der Waals surface area contributed by atoms with Crippen molar-refractivity contribution in [3.63, 3.8) is 0 Å². The summed E-state index contributed by atoms with van der Waals surface area (Å²) in [6, 6.07) is 13.9. The molecule has 0 amide bonds. The molecular weight excluding hydrogens is 282 g/mol. The van der Waals surface area contributed by atoms with Crippen LogP contribution in [-0.2, 0) is 0 Å². The molecule has 0 unspecified atom stereocenters. The summed E-state index contributed by atoms with van der Waals surface area (Å²) >= 11 is 6.30. The summed E-state index contributed by atoms with van der Waals surface area (Å²) in [4.78, 5) is 0. The summed E-state index contributed by atoms with van der Waals surface area (Å²) in [6.07, 6.45) is 0. The first-order valence-corrected chi connectivity index (χ1v) is 7.12. The summed E-state index contributed by atoms with van der Waals surface area (Å²) in [7, 11) is 0. The Bertz CT molecular complexity index is 806. The van der Waals surface area contributed by atoms with Crippen LogP contribution >= 0.6 is 11.6 Å². The van der Waals surface area contributed by atoms with Crippen molar-refractivity contribution in [1.82, 2.24) is 10.2 Å². The van der Waals surface area contributed by atoms with Crippen molar-refractivity contribution in [2.24, 2.45) is 0 Å². The number of nitrogen functional groups attached to an aromatic ring is 1. The number of aromatic nitrogens is 2. The maximum Gasteiger partial charge on any atom is 0.153 e. The zero-order valence-corrected chi connectivity index (χ0v) is 12.7. The highest BCUT2D eigenvalue weighted by molar-refractivity contribution is 6.33. The maximum atomic E-state index is 6.30. The lowest BCUT2D eigenvalue weighted by atomic mass is 9.97. The predicted octanol–water partition coefficient (Wildman–Crippen LogP) is 4.60. The van der Waals surface area contributed by atoms with Gasteiger partial charge in [0.2, 0.25) is 0 Å². The molecule has 0 bridgehead atoms. The number of anilines is 1. The lowest BCUT2D eigenvalue weighted by molar-refractivity contribution is 1.10. The molecule has 1 aromatic heterocycles. The fraction of sp³-hybridized carbons (Fsp3) is 0.118. The van der Waals surface area contributed by atoms with E-state index in [0.717, 1.165) is 22.4 Å². The molecule has 0 aliphatic rings. The lowest BCUT2D eigenvalue weighted by Crippen LogP contribution is -1.90. The molecule has 0 aliphatic heterocycles. The van der Waals surface area contributed by atoms with Crippen LogP contribution in [0.15, 0.2) is 42.5 Å². The molecule has 21 heavy (non-hydrogen) atoms. The fourth-order valence-electron chi connectivity index (χ4n) is 2.40. The lowest BCUT2D eigenvalue weighted by Gasteiger charge is -2.08. The number of nitrogens with one attached hydrogen (secondary N) is 1. The number of H-pyrrole nitrogens is 1. The van der Waals surface area contributed by atoms with Gasteiger partial charge in [0.25, 0.3) is 0 Å². The smallest absolute Gasteiger partial charge is 0.153 e. The molecule has 2 aromatic carbocycles. The maximum absolute atomic E-state index is 6.30. The van der Waals surface area contributed by atoms with Gasteiger partial charge in [-0.25, -0.2) is 0 Å². The highest BCUT2D eigenvalue weighted by atomic mass is 35.5. The molecule has 3 aromatic rings. The molecule has 3 rings (SSSR count). The van der Waals surface area contributed by atoms with Crippen LogP contribution in [0.3, 0.4) is 0 Å². The highest BCUT2D eigenvalue weighted by Gasteiger charge is 2.16. The largest absolute Gasteiger partial charge is 0.382 e. The van der Waals surface area contributed by atoms with Crippen molar-refractivity contribution in [2.75, 3.05) is 5.73 Å². The van der Waals surface area contributed by atoms with Gasteiger partial charge in [0.15, 0.2) is 5.82 Å². The topological polar surface area (TPSA) is 54.7 Å². The molecule has 3 nitrogen and oxygen atoms in total. The van der Waals surface area contributed by atoms with Crippen molar-refractivity contribution in [1.29, 1.82) is 0 Å². The third-order valence-electron chi connectivity index (χ3n) is 3.73. The van der Waals surface area contributed by atoms with Crippen molar-refractivity contribution in [3.8, 4) is 22.4 Å². The van der Waals surface area contributed by atoms with E-state index >= 15 is 0 Å². The van der Waals surface area contributed by atoms with Crippen molar-refractivity contribution < 1.29 is 0 Å². The fourth-order valence-corrected chi connectivity index (χ4v) is 2.63. The van der Waals surface area contributed by atoms with Crippen LogP contribution in [0.4, 0.5) is 5.82 Å². The molecule has 4 heteroatoms. The zero-order valence-electron chi connectivity index (χ0n) is 11.9. The van der Waals surface area contributed by atoms with E-state index in [2.05, 4.69) is 42.2 Å². The number of benzene rings is 2. The summed E-state index contributed by atoms with van der Waals surface area (Å²) in [5.41, 5.74) is 12.2. The van der Waals surface area contributed by atoms with Gasteiger partial charge in [-0.05, 0) is 36.6 Å². The van der Waals surface area contributed by atoms with E-state index in [1.54, 1.807) is 0 Å². The number of hydrogen-bond donors (Lipinski definition) is 2. The van der Waals surface area contributed by atoms with Gasteiger partial charge in [0, 0.05) is 10.6 Å². The summed E-state index contributed by atoms with van der Waals surface area (Å²) < 4.78 is 0. The average Bonchev–Trinajstić information content (AvgIpc) is 2.84. The molecule has 0 saturated heterocycles. The van der Waals surface area contributed by atoms with E-state index in [4.69, 9.17) is 17.3 Å². The second-order valence-electron chi connectivity index (χ2n) is 5.14. The highest BCUT2D eigenvalue weighted by Crippen LogP contribution is 2.38. The first kappa shape index (κ1) is 13.7. The Hall–Kier alpha value is -2.26. The third kappa shape index (κ3) is 2.41. The summed E-state index contributed by atoms with van der Waals surface area (Å²) in [5.74, 6) is 0.480. The quantitative estimate of drug-likeness (QED) is 0.726. The van der Waals surface area contributed by atoms with Gasteiger partial charge < -0.3 is 5.73 Å². The number of aromatic amines is 1. The Kier molecular flexibility index (Phi) is 3.43. The van der Waals surface area contributed by atoms with E-state index in [9.17, 15) is 0 Å². The van der Waals surface area contributed by atoms with Crippen LogP contribution in [0.25, 0.3) is 22.4 Å². The number of nitrogens with two attached hydrogens (primary N) is 1. The van der Waals surface area contributed by atoms with Crippen molar-refractivity contribution in [2.45, 2.75) is 13.8 Å². The minimum Gasteiger partial charge on any atom is -0.382 e. The SMILES string of the molecule is Cc1ccc(-c2c(N)n[nH]c2-c2ccccc2Cl)cc1C. The first-order valence-electron chi connectivity index (χ1n) is 6.74. The van der Waals surface area contributed by atoms with Gasteiger partial charge in [0.1, 0.15) is 0 Å². The average molecular weight is 298 g/mol. The Morgan fingerprint density at radius 1 is 1.05 bits per heavy atom. The van der Waals surface area contributed by atoms with Crippen LogP contribution in [0.5, 0.6) is 0 Å². The molecule has 0 atom stereocenters. The molecule has 0 saturated carbocycles. The second-order valence-corrected chi connectivity index (χ2v) is 5.54. The number of rotatable bonds is 2. The van der Waals surface area contributed by atoms with E-state index < -0.39 is 0 Å². The van der Waals surface area contributed by atoms with Crippen LogP contribution in [-0.4, -0.2) is 10.2 Å². The number of nitrogens with zero attached hydrogens (tertiary/aromatic N) is 1. The molecule has 0 spiro atoms. The normalized spacial score (nSPS) is 10.8. The summed E-state index contributed by atoms with van der Waals surface area (Å²) in [6.45, 7) is 4.18. The van der Waals surface area contributed by atoms with E-state index in [0.29, 0.717) is 10.8 Å². The molecule has 0 aliphatic carbocycles. The van der Waals surface area contributed by atoms with Gasteiger partial charge in [0.05, 0.1) is 11.3 Å². The van der Waals surface area contributed by atoms with Gasteiger partial charge >= 0.3 is 0 Å². The minimum atomic E-state index is 0.480. The van der Waals surface area contributed by atoms with Gasteiger partial charge in [-0.1, -0.05) is 48.0 Å². The van der Waals surface area contributed by atoms with E-state index in [-0.39, 0.29) is 0 Å². The predicted molar refractivity (Wildman–Crippen MR) is 88.4 cm³/mol. The standard InChI is InChI=1S/C17H16ClN3/c1-10-7-8-12(9-11(10)2)15-16(20-21-17(15)19)13-5-3-4-6-14(13)18/h3-9H,1-2H3,(H3,19,20,21). The molecule has 3 N–H and O–H groups in total. The van der Waals surface area contributed by atoms with Gasteiger partial charge in [-0.2, -0.15) is 5.10 Å².